The van der Waals surface area contributed by atoms with Crippen LogP contribution in [-0.2, 0) is 21.2 Å². The topological polar surface area (TPSA) is 82.2 Å². The van der Waals surface area contributed by atoms with Gasteiger partial charge in [-0.1, -0.05) is 13.0 Å². The molecule has 1 amide bonds. The molecule has 0 radical (unpaired) electrons. The van der Waals surface area contributed by atoms with E-state index in [0.29, 0.717) is 43.9 Å². The number of sulfonamides is 1. The minimum absolute atomic E-state index is 0.201. The van der Waals surface area contributed by atoms with E-state index in [1.807, 2.05) is 26.0 Å². The van der Waals surface area contributed by atoms with Crippen molar-refractivity contribution in [2.75, 3.05) is 69.7 Å². The normalized spacial score (nSPS) is 18.1. The van der Waals surface area contributed by atoms with Crippen LogP contribution in [0.2, 0.25) is 0 Å². The van der Waals surface area contributed by atoms with Gasteiger partial charge in [0.2, 0.25) is 10.0 Å². The molecular weight excluding hydrogens is 452 g/mol. The molecule has 0 saturated carbocycles. The molecule has 2 aliphatic heterocycles. The molecule has 0 spiro atoms. The summed E-state index contributed by atoms with van der Waals surface area (Å²) in [6.07, 6.45) is 0.563. The lowest BCUT2D eigenvalue weighted by Gasteiger charge is -2.34. The fourth-order valence-electron chi connectivity index (χ4n) is 4.40. The molecule has 2 heterocycles. The van der Waals surface area contributed by atoms with Crippen LogP contribution in [0.25, 0.3) is 0 Å². The van der Waals surface area contributed by atoms with E-state index in [1.165, 1.54) is 10.4 Å². The molecule has 2 aliphatic rings. The number of benzene rings is 2. The summed E-state index contributed by atoms with van der Waals surface area (Å²) in [5, 5.41) is 2.97. The molecular formula is C25H34N4O4S. The number of nitrogens with one attached hydrogen (secondary N) is 1. The number of morpholine rings is 1. The lowest BCUT2D eigenvalue weighted by atomic mass is 10.1. The lowest BCUT2D eigenvalue weighted by molar-refractivity contribution is 0.0730. The molecule has 1 N–H and O–H groups in total. The van der Waals surface area contributed by atoms with Gasteiger partial charge in [0, 0.05) is 56.2 Å². The molecule has 2 fully saturated rings. The van der Waals surface area contributed by atoms with Crippen molar-refractivity contribution in [3.8, 4) is 0 Å². The van der Waals surface area contributed by atoms with Crippen LogP contribution in [0.5, 0.6) is 0 Å². The number of rotatable bonds is 6. The number of hydrogen-bond acceptors (Lipinski definition) is 6. The van der Waals surface area contributed by atoms with Crippen LogP contribution in [0.15, 0.2) is 41.3 Å². The second kappa shape index (κ2) is 10.4. The Bertz CT molecular complexity index is 1140. The number of carbonyl (C=O) groups is 1. The molecule has 2 saturated heterocycles. The third-order valence-electron chi connectivity index (χ3n) is 6.62. The van der Waals surface area contributed by atoms with Crippen molar-refractivity contribution in [1.29, 1.82) is 0 Å². The fourth-order valence-corrected chi connectivity index (χ4v) is 6.13. The van der Waals surface area contributed by atoms with E-state index in [9.17, 15) is 13.2 Å². The molecule has 2 aromatic carbocycles. The average molecular weight is 487 g/mol. The van der Waals surface area contributed by atoms with Gasteiger partial charge in [0.25, 0.3) is 5.91 Å². The summed E-state index contributed by atoms with van der Waals surface area (Å²) in [6, 6.07) is 11.0. The largest absolute Gasteiger partial charge is 0.379 e. The molecule has 34 heavy (non-hydrogen) atoms. The Hall–Kier alpha value is -2.46. The third-order valence-corrected chi connectivity index (χ3v) is 8.61. The lowest BCUT2D eigenvalue weighted by Crippen LogP contribution is -2.44. The van der Waals surface area contributed by atoms with Gasteiger partial charge < -0.3 is 19.9 Å². The van der Waals surface area contributed by atoms with Gasteiger partial charge in [-0.3, -0.25) is 4.79 Å². The van der Waals surface area contributed by atoms with Crippen LogP contribution < -0.4 is 10.2 Å². The zero-order valence-corrected chi connectivity index (χ0v) is 21.0. The highest BCUT2D eigenvalue weighted by Crippen LogP contribution is 2.26. The van der Waals surface area contributed by atoms with Crippen LogP contribution in [-0.4, -0.2) is 83.1 Å². The summed E-state index contributed by atoms with van der Waals surface area (Å²) in [4.78, 5) is 18.0. The maximum atomic E-state index is 13.3. The number of aryl methyl sites for hydroxylation is 2. The predicted octanol–water partition coefficient (Wildman–Crippen LogP) is 2.58. The van der Waals surface area contributed by atoms with Crippen molar-refractivity contribution in [3.05, 3.63) is 53.1 Å². The number of carbonyl (C=O) groups excluding carboxylic acids is 1. The molecule has 2 aromatic rings. The number of ether oxygens (including phenoxy) is 1. The van der Waals surface area contributed by atoms with Crippen molar-refractivity contribution in [2.24, 2.45) is 0 Å². The molecule has 0 aromatic heterocycles. The SMILES string of the molecule is CCc1ccc(C(=O)Nc2ccc(N3CCN(C)CC3)cc2C)cc1S(=O)(=O)N1CCOCC1. The molecule has 0 unspecified atom stereocenters. The minimum Gasteiger partial charge on any atom is -0.379 e. The van der Waals surface area contributed by atoms with Crippen LogP contribution >= 0.6 is 0 Å². The van der Waals surface area contributed by atoms with Crippen LogP contribution in [0.1, 0.15) is 28.4 Å². The van der Waals surface area contributed by atoms with Crippen molar-refractivity contribution >= 4 is 27.3 Å². The van der Waals surface area contributed by atoms with Gasteiger partial charge in [-0.2, -0.15) is 4.31 Å². The molecule has 0 atom stereocenters. The first kappa shape index (κ1) is 24.7. The first-order valence-corrected chi connectivity index (χ1v) is 13.3. The number of likely N-dealkylation sites (N-methyl/N-ethyl adjacent to an activating group) is 1. The number of anilines is 2. The fraction of sp³-hybridized carbons (Fsp3) is 0.480. The molecule has 4 rings (SSSR count). The summed E-state index contributed by atoms with van der Waals surface area (Å²) >= 11 is 0. The van der Waals surface area contributed by atoms with Gasteiger partial charge in [-0.15, -0.1) is 0 Å². The Kier molecular flexibility index (Phi) is 7.57. The van der Waals surface area contributed by atoms with Gasteiger partial charge in [0.1, 0.15) is 0 Å². The summed E-state index contributed by atoms with van der Waals surface area (Å²) < 4.78 is 33.3. The first-order chi connectivity index (χ1) is 16.3. The maximum Gasteiger partial charge on any atom is 0.255 e. The molecule has 184 valence electrons. The monoisotopic (exact) mass is 486 g/mol. The summed E-state index contributed by atoms with van der Waals surface area (Å²) in [5.41, 5.74) is 3.87. The Labute approximate surface area is 202 Å². The Balaban J connectivity index is 1.54. The average Bonchev–Trinajstić information content (AvgIpc) is 2.85. The van der Waals surface area contributed by atoms with Gasteiger partial charge >= 0.3 is 0 Å². The van der Waals surface area contributed by atoms with Crippen molar-refractivity contribution in [1.82, 2.24) is 9.21 Å². The number of nitrogens with zero attached hydrogens (tertiary/aromatic N) is 3. The second-order valence-corrected chi connectivity index (χ2v) is 10.8. The predicted molar refractivity (Wildman–Crippen MR) is 134 cm³/mol. The zero-order valence-electron chi connectivity index (χ0n) is 20.2. The van der Waals surface area contributed by atoms with E-state index in [4.69, 9.17) is 4.74 Å². The quantitative estimate of drug-likeness (QED) is 0.676. The van der Waals surface area contributed by atoms with E-state index in [2.05, 4.69) is 28.2 Å². The van der Waals surface area contributed by atoms with Gasteiger partial charge in [0.15, 0.2) is 0 Å². The van der Waals surface area contributed by atoms with E-state index < -0.39 is 10.0 Å². The highest BCUT2D eigenvalue weighted by molar-refractivity contribution is 7.89. The van der Waals surface area contributed by atoms with E-state index in [0.717, 1.165) is 43.1 Å². The maximum absolute atomic E-state index is 13.3. The molecule has 8 nitrogen and oxygen atoms in total. The van der Waals surface area contributed by atoms with E-state index >= 15 is 0 Å². The summed E-state index contributed by atoms with van der Waals surface area (Å²) in [6.45, 7) is 9.30. The summed E-state index contributed by atoms with van der Waals surface area (Å²) in [7, 11) is -1.57. The Morgan fingerprint density at radius 1 is 1.00 bits per heavy atom. The number of piperazine rings is 1. The molecule has 0 aliphatic carbocycles. The van der Waals surface area contributed by atoms with Crippen LogP contribution in [0, 0.1) is 6.92 Å². The summed E-state index contributed by atoms with van der Waals surface area (Å²) in [5.74, 6) is -0.323. The zero-order chi connectivity index (χ0) is 24.3. The first-order valence-electron chi connectivity index (χ1n) is 11.9. The van der Waals surface area contributed by atoms with Crippen LogP contribution in [0.4, 0.5) is 11.4 Å². The van der Waals surface area contributed by atoms with Gasteiger partial charge in [-0.25, -0.2) is 8.42 Å². The van der Waals surface area contributed by atoms with Crippen molar-refractivity contribution < 1.29 is 17.9 Å². The van der Waals surface area contributed by atoms with Crippen molar-refractivity contribution in [3.63, 3.8) is 0 Å². The molecule has 0 bridgehead atoms. The Morgan fingerprint density at radius 3 is 2.35 bits per heavy atom. The Morgan fingerprint density at radius 2 is 1.71 bits per heavy atom. The van der Waals surface area contributed by atoms with E-state index in [1.54, 1.807) is 12.1 Å². The van der Waals surface area contributed by atoms with Gasteiger partial charge in [-0.05, 0) is 61.9 Å². The van der Waals surface area contributed by atoms with E-state index in [-0.39, 0.29) is 10.8 Å². The standard InChI is InChI=1S/C25H34N4O4S/c1-4-20-5-6-21(18-24(20)34(31,32)29-13-15-33-16-14-29)25(30)26-23-8-7-22(17-19(23)2)28-11-9-27(3)10-12-28/h5-8,17-18H,4,9-16H2,1-3H3,(H,26,30). The van der Waals surface area contributed by atoms with Crippen LogP contribution in [0.3, 0.4) is 0 Å². The highest BCUT2D eigenvalue weighted by atomic mass is 32.2. The van der Waals surface area contributed by atoms with Crippen molar-refractivity contribution in [2.45, 2.75) is 25.2 Å². The van der Waals surface area contributed by atoms with Gasteiger partial charge in [0.05, 0.1) is 18.1 Å². The highest BCUT2D eigenvalue weighted by Gasteiger charge is 2.29. The number of amides is 1. The number of hydrogen-bond donors (Lipinski definition) is 1. The smallest absolute Gasteiger partial charge is 0.255 e. The third kappa shape index (κ3) is 5.27. The second-order valence-electron chi connectivity index (χ2n) is 8.94. The minimum atomic E-state index is -3.70. The molecule has 9 heteroatoms.